The molecule has 0 saturated heterocycles. The van der Waals surface area contributed by atoms with Gasteiger partial charge in [0.15, 0.2) is 0 Å². The fourth-order valence-corrected chi connectivity index (χ4v) is 1.68. The SMILES string of the molecule is CNCNN1CCc2ccccc21. The van der Waals surface area contributed by atoms with E-state index in [-0.39, 0.29) is 0 Å². The Kier molecular flexibility index (Phi) is 2.47. The topological polar surface area (TPSA) is 27.3 Å². The Hall–Kier alpha value is -1.06. The Morgan fingerprint density at radius 1 is 1.38 bits per heavy atom. The number of nitrogens with zero attached hydrogens (tertiary/aromatic N) is 1. The van der Waals surface area contributed by atoms with E-state index in [1.54, 1.807) is 0 Å². The van der Waals surface area contributed by atoms with Crippen molar-refractivity contribution in [3.8, 4) is 0 Å². The predicted molar refractivity (Wildman–Crippen MR) is 54.6 cm³/mol. The molecule has 2 rings (SSSR count). The lowest BCUT2D eigenvalue weighted by atomic mass is 10.2. The van der Waals surface area contributed by atoms with Crippen LogP contribution in [0.5, 0.6) is 0 Å². The van der Waals surface area contributed by atoms with Crippen molar-refractivity contribution in [1.29, 1.82) is 0 Å². The van der Waals surface area contributed by atoms with Crippen molar-refractivity contribution in [2.75, 3.05) is 25.3 Å². The van der Waals surface area contributed by atoms with Crippen molar-refractivity contribution in [2.24, 2.45) is 0 Å². The van der Waals surface area contributed by atoms with E-state index in [1.807, 2.05) is 7.05 Å². The van der Waals surface area contributed by atoms with Crippen molar-refractivity contribution in [1.82, 2.24) is 10.7 Å². The monoisotopic (exact) mass is 177 g/mol. The first-order valence-electron chi connectivity index (χ1n) is 4.65. The van der Waals surface area contributed by atoms with Gasteiger partial charge in [0.05, 0.1) is 12.4 Å². The quantitative estimate of drug-likeness (QED) is 0.667. The summed E-state index contributed by atoms with van der Waals surface area (Å²) in [6, 6.07) is 8.53. The molecule has 70 valence electrons. The lowest BCUT2D eigenvalue weighted by Gasteiger charge is -2.19. The Bertz CT molecular complexity index is 285. The number of hydrogen-bond acceptors (Lipinski definition) is 3. The Labute approximate surface area is 78.7 Å². The summed E-state index contributed by atoms with van der Waals surface area (Å²) in [4.78, 5) is 0. The fourth-order valence-electron chi connectivity index (χ4n) is 1.68. The van der Waals surface area contributed by atoms with E-state index in [0.29, 0.717) is 0 Å². The molecule has 1 heterocycles. The van der Waals surface area contributed by atoms with Gasteiger partial charge >= 0.3 is 0 Å². The van der Waals surface area contributed by atoms with Gasteiger partial charge in [-0.3, -0.25) is 0 Å². The van der Waals surface area contributed by atoms with Gasteiger partial charge in [-0.15, -0.1) is 0 Å². The van der Waals surface area contributed by atoms with Crippen LogP contribution in [0.1, 0.15) is 5.56 Å². The molecule has 0 amide bonds. The first kappa shape index (κ1) is 8.53. The van der Waals surface area contributed by atoms with Gasteiger partial charge in [0, 0.05) is 6.54 Å². The van der Waals surface area contributed by atoms with Crippen molar-refractivity contribution in [3.63, 3.8) is 0 Å². The maximum Gasteiger partial charge on any atom is 0.0638 e. The molecule has 0 unspecified atom stereocenters. The maximum atomic E-state index is 3.31. The van der Waals surface area contributed by atoms with Crippen molar-refractivity contribution in [3.05, 3.63) is 29.8 Å². The van der Waals surface area contributed by atoms with Gasteiger partial charge in [-0.25, -0.2) is 5.43 Å². The highest BCUT2D eigenvalue weighted by atomic mass is 15.5. The molecule has 0 bridgehead atoms. The molecule has 3 heteroatoms. The molecule has 0 atom stereocenters. The zero-order chi connectivity index (χ0) is 9.10. The van der Waals surface area contributed by atoms with Crippen LogP contribution in [0, 0.1) is 0 Å². The summed E-state index contributed by atoms with van der Waals surface area (Å²) >= 11 is 0. The summed E-state index contributed by atoms with van der Waals surface area (Å²) in [5.74, 6) is 0. The predicted octanol–water partition coefficient (Wildman–Crippen LogP) is 0.731. The zero-order valence-corrected chi connectivity index (χ0v) is 7.88. The van der Waals surface area contributed by atoms with E-state index in [9.17, 15) is 0 Å². The summed E-state index contributed by atoms with van der Waals surface area (Å²) in [5, 5.41) is 5.27. The standard InChI is InChI=1S/C10H15N3/c1-11-8-12-13-7-6-9-4-2-3-5-10(9)13/h2-5,11-12H,6-8H2,1H3. The van der Waals surface area contributed by atoms with E-state index < -0.39 is 0 Å². The fraction of sp³-hybridized carbons (Fsp3) is 0.400. The number of hydrogen-bond donors (Lipinski definition) is 2. The van der Waals surface area contributed by atoms with Crippen LogP contribution in [0.4, 0.5) is 5.69 Å². The van der Waals surface area contributed by atoms with E-state index in [1.165, 1.54) is 11.3 Å². The minimum absolute atomic E-state index is 0.814. The number of benzene rings is 1. The summed E-state index contributed by atoms with van der Waals surface area (Å²) in [6.07, 6.45) is 1.15. The molecule has 0 fully saturated rings. The molecule has 0 saturated carbocycles. The highest BCUT2D eigenvalue weighted by Gasteiger charge is 2.16. The van der Waals surface area contributed by atoms with Gasteiger partial charge in [-0.2, -0.15) is 0 Å². The van der Waals surface area contributed by atoms with Crippen LogP contribution >= 0.6 is 0 Å². The molecule has 1 aliphatic rings. The first-order chi connectivity index (χ1) is 6.42. The number of rotatable bonds is 3. The van der Waals surface area contributed by atoms with Crippen LogP contribution in [0.25, 0.3) is 0 Å². The summed E-state index contributed by atoms with van der Waals surface area (Å²) in [6.45, 7) is 1.88. The average molecular weight is 177 g/mol. The van der Waals surface area contributed by atoms with E-state index in [2.05, 4.69) is 40.0 Å². The molecule has 1 aromatic rings. The summed E-state index contributed by atoms with van der Waals surface area (Å²) in [7, 11) is 1.94. The molecular weight excluding hydrogens is 162 g/mol. The number of fused-ring (bicyclic) bond motifs is 1. The Balaban J connectivity index is 2.09. The normalized spacial score (nSPS) is 14.7. The Morgan fingerprint density at radius 3 is 3.08 bits per heavy atom. The second-order valence-corrected chi connectivity index (χ2v) is 3.22. The van der Waals surface area contributed by atoms with Crippen LogP contribution in [-0.2, 0) is 6.42 Å². The van der Waals surface area contributed by atoms with Gasteiger partial charge in [0.1, 0.15) is 0 Å². The van der Waals surface area contributed by atoms with Crippen LogP contribution in [0.3, 0.4) is 0 Å². The molecule has 2 N–H and O–H groups in total. The van der Waals surface area contributed by atoms with Gasteiger partial charge in [0.2, 0.25) is 0 Å². The van der Waals surface area contributed by atoms with Crippen molar-refractivity contribution in [2.45, 2.75) is 6.42 Å². The third kappa shape index (κ3) is 1.66. The first-order valence-corrected chi connectivity index (χ1v) is 4.65. The molecule has 1 aliphatic heterocycles. The number of hydrazine groups is 1. The minimum atomic E-state index is 0.814. The van der Waals surface area contributed by atoms with E-state index in [4.69, 9.17) is 0 Å². The van der Waals surface area contributed by atoms with Crippen LogP contribution < -0.4 is 15.8 Å². The molecule has 0 aliphatic carbocycles. The van der Waals surface area contributed by atoms with Crippen molar-refractivity contribution >= 4 is 5.69 Å². The van der Waals surface area contributed by atoms with Crippen molar-refractivity contribution < 1.29 is 0 Å². The van der Waals surface area contributed by atoms with Crippen LogP contribution in [0.15, 0.2) is 24.3 Å². The molecule has 13 heavy (non-hydrogen) atoms. The molecule has 0 radical (unpaired) electrons. The number of para-hydroxylation sites is 1. The van der Waals surface area contributed by atoms with E-state index in [0.717, 1.165) is 19.6 Å². The number of anilines is 1. The Morgan fingerprint density at radius 2 is 2.23 bits per heavy atom. The lowest BCUT2D eigenvalue weighted by Crippen LogP contribution is -2.41. The van der Waals surface area contributed by atoms with E-state index >= 15 is 0 Å². The van der Waals surface area contributed by atoms with Gasteiger partial charge in [-0.1, -0.05) is 18.2 Å². The molecule has 0 aromatic heterocycles. The molecule has 1 aromatic carbocycles. The second kappa shape index (κ2) is 3.77. The van der Waals surface area contributed by atoms with Crippen LogP contribution in [0.2, 0.25) is 0 Å². The lowest BCUT2D eigenvalue weighted by molar-refractivity contribution is 0.600. The molecular formula is C10H15N3. The highest BCUT2D eigenvalue weighted by molar-refractivity contribution is 5.56. The van der Waals surface area contributed by atoms with Gasteiger partial charge < -0.3 is 10.3 Å². The maximum absolute atomic E-state index is 3.31. The third-order valence-electron chi connectivity index (χ3n) is 2.33. The van der Waals surface area contributed by atoms with Gasteiger partial charge in [-0.05, 0) is 25.1 Å². The van der Waals surface area contributed by atoms with Gasteiger partial charge in [0.25, 0.3) is 0 Å². The average Bonchev–Trinajstić information content (AvgIpc) is 2.58. The minimum Gasteiger partial charge on any atom is -0.307 e. The highest BCUT2D eigenvalue weighted by Crippen LogP contribution is 2.25. The number of nitrogens with one attached hydrogen (secondary N) is 2. The molecule has 3 nitrogen and oxygen atoms in total. The zero-order valence-electron chi connectivity index (χ0n) is 7.88. The largest absolute Gasteiger partial charge is 0.307 e. The third-order valence-corrected chi connectivity index (χ3v) is 2.33. The summed E-state index contributed by atoms with van der Waals surface area (Å²) < 4.78 is 0. The molecule has 0 spiro atoms. The smallest absolute Gasteiger partial charge is 0.0638 e. The summed E-state index contributed by atoms with van der Waals surface area (Å²) in [5.41, 5.74) is 6.06. The van der Waals surface area contributed by atoms with Crippen LogP contribution in [-0.4, -0.2) is 20.3 Å². The second-order valence-electron chi connectivity index (χ2n) is 3.22.